The average Bonchev–Trinajstić information content (AvgIpc) is 2.02. The second-order valence-corrected chi connectivity index (χ2v) is 2.41. The summed E-state index contributed by atoms with van der Waals surface area (Å²) in [5.74, 6) is -2.51. The third-order valence-corrected chi connectivity index (χ3v) is 1.00. The lowest BCUT2D eigenvalue weighted by molar-refractivity contribution is -0.134. The van der Waals surface area contributed by atoms with Gasteiger partial charge < -0.3 is 15.1 Å². The van der Waals surface area contributed by atoms with E-state index in [1.807, 2.05) is 0 Å². The summed E-state index contributed by atoms with van der Waals surface area (Å²) < 4.78 is 0. The molecule has 0 unspecified atom stereocenters. The predicted octanol–water partition coefficient (Wildman–Crippen LogP) is 0.280. The Hall–Kier alpha value is -1.36. The van der Waals surface area contributed by atoms with E-state index in [4.69, 9.17) is 10.2 Å². The fraction of sp³-hybridized carbons (Fsp3) is 0.500. The molecule has 0 aliphatic heterocycles. The molecule has 76 valence electrons. The van der Waals surface area contributed by atoms with E-state index in [2.05, 4.69) is 25.9 Å². The minimum Gasteiger partial charge on any atom is -0.478 e. The summed E-state index contributed by atoms with van der Waals surface area (Å²) in [6.07, 6.45) is 1.12. The van der Waals surface area contributed by atoms with Crippen molar-refractivity contribution in [2.24, 2.45) is 0 Å². The van der Waals surface area contributed by atoms with Gasteiger partial charge in [-0.2, -0.15) is 0 Å². The first-order valence-corrected chi connectivity index (χ1v) is 3.68. The van der Waals surface area contributed by atoms with Gasteiger partial charge in [0.2, 0.25) is 0 Å². The van der Waals surface area contributed by atoms with Crippen LogP contribution in [0.3, 0.4) is 0 Å². The first-order chi connectivity index (χ1) is 5.90. The van der Waals surface area contributed by atoms with Crippen molar-refractivity contribution in [2.75, 3.05) is 20.6 Å². The van der Waals surface area contributed by atoms with Crippen LogP contribution in [-0.2, 0) is 9.59 Å². The van der Waals surface area contributed by atoms with E-state index < -0.39 is 11.9 Å². The molecule has 0 rings (SSSR count). The normalized spacial score (nSPS) is 9.54. The van der Waals surface area contributed by atoms with Crippen LogP contribution in [0.1, 0.15) is 6.92 Å². The van der Waals surface area contributed by atoms with Crippen LogP contribution in [0.4, 0.5) is 0 Å². The van der Waals surface area contributed by atoms with Gasteiger partial charge in [0, 0.05) is 12.2 Å². The topological polar surface area (TPSA) is 77.8 Å². The maximum absolute atomic E-state index is 9.55. The molecule has 0 aromatic rings. The quantitative estimate of drug-likeness (QED) is 0.623. The van der Waals surface area contributed by atoms with Crippen molar-refractivity contribution in [1.82, 2.24) is 4.90 Å². The summed E-state index contributed by atoms with van der Waals surface area (Å²) >= 11 is 0. The van der Waals surface area contributed by atoms with E-state index >= 15 is 0 Å². The van der Waals surface area contributed by atoms with Crippen LogP contribution in [0.25, 0.3) is 0 Å². The third kappa shape index (κ3) is 25.0. The molecule has 0 atom stereocenters. The van der Waals surface area contributed by atoms with Crippen LogP contribution in [-0.4, -0.2) is 47.7 Å². The molecule has 0 bridgehead atoms. The Morgan fingerprint density at radius 3 is 1.46 bits per heavy atom. The van der Waals surface area contributed by atoms with Gasteiger partial charge in [-0.25, -0.2) is 9.59 Å². The summed E-state index contributed by atoms with van der Waals surface area (Å²) in [7, 11) is 4.11. The molecule has 13 heavy (non-hydrogen) atoms. The van der Waals surface area contributed by atoms with Gasteiger partial charge in [0.1, 0.15) is 0 Å². The molecule has 0 radical (unpaired) electrons. The molecule has 0 saturated carbocycles. The molecular formula is C8H15NO4. The van der Waals surface area contributed by atoms with Gasteiger partial charge in [-0.3, -0.25) is 0 Å². The summed E-state index contributed by atoms with van der Waals surface area (Å²) in [6, 6.07) is 0. The lowest BCUT2D eigenvalue weighted by Gasteiger charge is -2.00. The highest BCUT2D eigenvalue weighted by molar-refractivity contribution is 5.89. The predicted molar refractivity (Wildman–Crippen MR) is 48.6 cm³/mol. The van der Waals surface area contributed by atoms with Gasteiger partial charge in [0.05, 0.1) is 0 Å². The van der Waals surface area contributed by atoms with Gasteiger partial charge in [-0.1, -0.05) is 6.92 Å². The van der Waals surface area contributed by atoms with E-state index in [1.165, 1.54) is 0 Å². The van der Waals surface area contributed by atoms with Crippen molar-refractivity contribution in [3.63, 3.8) is 0 Å². The largest absolute Gasteiger partial charge is 0.478 e. The zero-order valence-electron chi connectivity index (χ0n) is 8.02. The van der Waals surface area contributed by atoms with Crippen molar-refractivity contribution in [1.29, 1.82) is 0 Å². The average molecular weight is 189 g/mol. The first-order valence-electron chi connectivity index (χ1n) is 3.68. The SMILES string of the molecule is CCN(C)C.O=C(O)C=CC(=O)O. The second-order valence-electron chi connectivity index (χ2n) is 2.41. The molecule has 0 aromatic heterocycles. The van der Waals surface area contributed by atoms with E-state index in [0.717, 1.165) is 6.54 Å². The van der Waals surface area contributed by atoms with E-state index in [0.29, 0.717) is 12.2 Å². The Morgan fingerprint density at radius 1 is 1.15 bits per heavy atom. The number of rotatable bonds is 3. The Kier molecular flexibility index (Phi) is 9.53. The number of nitrogens with zero attached hydrogens (tertiary/aromatic N) is 1. The highest BCUT2D eigenvalue weighted by Crippen LogP contribution is 1.70. The Morgan fingerprint density at radius 2 is 1.38 bits per heavy atom. The van der Waals surface area contributed by atoms with Gasteiger partial charge in [-0.15, -0.1) is 0 Å². The second kappa shape index (κ2) is 8.73. The molecule has 2 N–H and O–H groups in total. The number of hydrogen-bond donors (Lipinski definition) is 2. The summed E-state index contributed by atoms with van der Waals surface area (Å²) in [4.78, 5) is 21.2. The number of hydrogen-bond acceptors (Lipinski definition) is 3. The fourth-order valence-corrected chi connectivity index (χ4v) is 0.143. The van der Waals surface area contributed by atoms with Gasteiger partial charge in [0.15, 0.2) is 0 Å². The zero-order chi connectivity index (χ0) is 10.9. The Bertz CT molecular complexity index is 171. The molecule has 0 amide bonds. The van der Waals surface area contributed by atoms with Gasteiger partial charge >= 0.3 is 11.9 Å². The van der Waals surface area contributed by atoms with Crippen LogP contribution in [0.2, 0.25) is 0 Å². The maximum Gasteiger partial charge on any atom is 0.328 e. The highest BCUT2D eigenvalue weighted by atomic mass is 16.4. The van der Waals surface area contributed by atoms with Crippen LogP contribution < -0.4 is 0 Å². The summed E-state index contributed by atoms with van der Waals surface area (Å²) in [5, 5.41) is 15.6. The smallest absolute Gasteiger partial charge is 0.328 e. The summed E-state index contributed by atoms with van der Waals surface area (Å²) in [6.45, 7) is 3.26. The number of carboxylic acids is 2. The molecule has 0 saturated heterocycles. The lowest BCUT2D eigenvalue weighted by Crippen LogP contribution is -2.08. The zero-order valence-corrected chi connectivity index (χ0v) is 8.02. The van der Waals surface area contributed by atoms with Crippen molar-refractivity contribution in [3.05, 3.63) is 12.2 Å². The van der Waals surface area contributed by atoms with Crippen LogP contribution in [0, 0.1) is 0 Å². The molecule has 0 fully saturated rings. The van der Waals surface area contributed by atoms with Crippen molar-refractivity contribution < 1.29 is 19.8 Å². The minimum atomic E-state index is -1.26. The van der Waals surface area contributed by atoms with Crippen LogP contribution in [0.15, 0.2) is 12.2 Å². The molecule has 0 aliphatic rings. The number of aliphatic carboxylic acids is 2. The van der Waals surface area contributed by atoms with E-state index in [1.54, 1.807) is 0 Å². The van der Waals surface area contributed by atoms with Crippen LogP contribution >= 0.6 is 0 Å². The fourth-order valence-electron chi connectivity index (χ4n) is 0.143. The number of carboxylic acid groups (broad SMARTS) is 2. The van der Waals surface area contributed by atoms with Crippen molar-refractivity contribution >= 4 is 11.9 Å². The molecule has 0 aromatic carbocycles. The number of carbonyl (C=O) groups is 2. The maximum atomic E-state index is 9.55. The first kappa shape index (κ1) is 14.2. The molecule has 5 nitrogen and oxygen atoms in total. The van der Waals surface area contributed by atoms with Crippen LogP contribution in [0.5, 0.6) is 0 Å². The molecule has 0 aliphatic carbocycles. The van der Waals surface area contributed by atoms with Gasteiger partial charge in [0.25, 0.3) is 0 Å². The minimum absolute atomic E-state index is 0.558. The van der Waals surface area contributed by atoms with E-state index in [-0.39, 0.29) is 0 Å². The monoisotopic (exact) mass is 189 g/mol. The molecule has 0 spiro atoms. The lowest BCUT2D eigenvalue weighted by atomic mass is 10.5. The highest BCUT2D eigenvalue weighted by Gasteiger charge is 1.88. The van der Waals surface area contributed by atoms with Crippen molar-refractivity contribution in [2.45, 2.75) is 6.92 Å². The molecule has 0 heterocycles. The molecular weight excluding hydrogens is 174 g/mol. The van der Waals surface area contributed by atoms with Crippen molar-refractivity contribution in [3.8, 4) is 0 Å². The van der Waals surface area contributed by atoms with E-state index in [9.17, 15) is 9.59 Å². The summed E-state index contributed by atoms with van der Waals surface area (Å²) in [5.41, 5.74) is 0. The standard InChI is InChI=1S/C4H11N.C4H4O4/c1-4-5(2)3;5-3(6)1-2-4(7)8/h4H2,1-3H3;1-2H,(H,5,6)(H,7,8). The van der Waals surface area contributed by atoms with Gasteiger partial charge in [-0.05, 0) is 20.6 Å². The Balaban J connectivity index is 0. The molecule has 5 heteroatoms. The third-order valence-electron chi connectivity index (χ3n) is 1.00. The Labute approximate surface area is 77.3 Å².